The molecule has 0 radical (unpaired) electrons. The van der Waals surface area contributed by atoms with Crippen LogP contribution in [0.1, 0.15) is 23.6 Å². The number of allylic oxidation sites excluding steroid dienone is 2. The van der Waals surface area contributed by atoms with Crippen LogP contribution in [0.15, 0.2) is 85.0 Å². The molecule has 1 unspecified atom stereocenters. The predicted octanol–water partition coefficient (Wildman–Crippen LogP) is 6.12. The number of carbonyl (C=O) groups excluding carboxylic acids is 1. The largest absolute Gasteiger partial charge is 0.494 e. The number of fused-ring (bicyclic) bond motifs is 1. The number of hydrogen-bond acceptors (Lipinski definition) is 4. The van der Waals surface area contributed by atoms with Gasteiger partial charge in [-0.3, -0.25) is 4.79 Å². The number of benzene rings is 3. The molecule has 4 rings (SSSR count). The molecule has 0 fully saturated rings. The molecule has 1 amide bonds. The van der Waals surface area contributed by atoms with Gasteiger partial charge < -0.3 is 20.5 Å². The van der Waals surface area contributed by atoms with Crippen LogP contribution in [-0.2, 0) is 11.2 Å². The molecule has 3 aromatic rings. The molecule has 1 aliphatic heterocycles. The summed E-state index contributed by atoms with van der Waals surface area (Å²) in [5, 5.41) is 16.8. The van der Waals surface area contributed by atoms with E-state index in [0.29, 0.717) is 30.3 Å². The summed E-state index contributed by atoms with van der Waals surface area (Å²) in [6, 6.07) is 21.1. The van der Waals surface area contributed by atoms with Crippen LogP contribution < -0.4 is 15.4 Å². The summed E-state index contributed by atoms with van der Waals surface area (Å²) >= 11 is 6.08. The molecule has 3 aromatic carbocycles. The predicted molar refractivity (Wildman–Crippen MR) is 146 cm³/mol. The van der Waals surface area contributed by atoms with E-state index in [4.69, 9.17) is 16.3 Å². The van der Waals surface area contributed by atoms with E-state index in [9.17, 15) is 9.90 Å². The monoisotopic (exact) mass is 510 g/mol. The van der Waals surface area contributed by atoms with Crippen molar-refractivity contribution in [3.63, 3.8) is 0 Å². The van der Waals surface area contributed by atoms with Crippen molar-refractivity contribution < 1.29 is 14.6 Å². The van der Waals surface area contributed by atoms with Crippen molar-refractivity contribution in [1.82, 2.24) is 0 Å². The van der Waals surface area contributed by atoms with E-state index < -0.39 is 6.10 Å². The van der Waals surface area contributed by atoms with Crippen molar-refractivity contribution in [2.45, 2.75) is 19.4 Å². The number of carbonyl (C=O) groups is 1. The van der Waals surface area contributed by atoms with E-state index in [1.54, 1.807) is 6.08 Å². The molecule has 0 aromatic heterocycles. The number of anilines is 2. The third-order valence-corrected chi connectivity index (χ3v) is 5.80. The van der Waals surface area contributed by atoms with E-state index >= 15 is 0 Å². The van der Waals surface area contributed by atoms with Gasteiger partial charge in [-0.2, -0.15) is 0 Å². The molecular formula is C28H28Cl2N2O3. The number of hydrogen-bond donors (Lipinski definition) is 3. The van der Waals surface area contributed by atoms with E-state index in [2.05, 4.69) is 10.6 Å². The fraction of sp³-hybridized carbons (Fsp3) is 0.179. The molecule has 0 aliphatic carbocycles. The average Bonchev–Trinajstić information content (AvgIpc) is 2.84. The first kappa shape index (κ1) is 26.4. The van der Waals surface area contributed by atoms with Crippen LogP contribution in [0, 0.1) is 0 Å². The molecule has 0 spiro atoms. The number of halogens is 2. The Balaban J connectivity index is 0.00000342. The summed E-state index contributed by atoms with van der Waals surface area (Å²) in [4.78, 5) is 12.7. The van der Waals surface area contributed by atoms with Gasteiger partial charge in [0.2, 0.25) is 5.91 Å². The topological polar surface area (TPSA) is 70.6 Å². The number of β-amino-alcohol motifs (C(OH)–C–C–N with tert-alkyl or cyclic N) is 1. The van der Waals surface area contributed by atoms with E-state index in [1.807, 2.05) is 79.7 Å². The number of nitrogens with one attached hydrogen (secondary N) is 2. The maximum atomic E-state index is 12.7. The van der Waals surface area contributed by atoms with Gasteiger partial charge in [-0.25, -0.2) is 0 Å². The van der Waals surface area contributed by atoms with Crippen molar-refractivity contribution in [3.8, 4) is 5.75 Å². The minimum absolute atomic E-state index is 0. The number of amides is 1. The molecule has 0 bridgehead atoms. The Bertz CT molecular complexity index is 1210. The van der Waals surface area contributed by atoms with Crippen LogP contribution >= 0.6 is 24.0 Å². The van der Waals surface area contributed by atoms with Crippen LogP contribution in [0.2, 0.25) is 5.02 Å². The van der Waals surface area contributed by atoms with Gasteiger partial charge in [0, 0.05) is 41.0 Å². The molecule has 1 atom stereocenters. The standard InChI is InChI=1S/C28H27ClN2O3.ClH/c1-2-34-23-15-11-20(12-16-23)24(19-9-13-21(29)14-10-19)5-3-8-28(33)31-27-7-4-6-26-25(27)17-22(32)18-30-26;/h3-16,22,30,32H,2,17-18H2,1H3,(H,31,33);1H/b8-3+,24-5+;. The summed E-state index contributed by atoms with van der Waals surface area (Å²) in [6.45, 7) is 3.07. The van der Waals surface area contributed by atoms with Crippen molar-refractivity contribution >= 4 is 46.9 Å². The lowest BCUT2D eigenvalue weighted by molar-refractivity contribution is -0.111. The van der Waals surface area contributed by atoms with Crippen LogP contribution in [0.5, 0.6) is 5.75 Å². The zero-order chi connectivity index (χ0) is 23.9. The van der Waals surface area contributed by atoms with Gasteiger partial charge in [-0.1, -0.05) is 54.1 Å². The third-order valence-electron chi connectivity index (χ3n) is 5.54. The quantitative estimate of drug-likeness (QED) is 0.264. The van der Waals surface area contributed by atoms with Gasteiger partial charge in [0.25, 0.3) is 0 Å². The van der Waals surface area contributed by atoms with Crippen LogP contribution in [0.25, 0.3) is 5.57 Å². The maximum absolute atomic E-state index is 12.7. The summed E-state index contributed by atoms with van der Waals surface area (Å²) < 4.78 is 5.55. The minimum atomic E-state index is -0.472. The lowest BCUT2D eigenvalue weighted by atomic mass is 9.97. The highest BCUT2D eigenvalue weighted by Crippen LogP contribution is 2.29. The van der Waals surface area contributed by atoms with Crippen LogP contribution in [0.4, 0.5) is 11.4 Å². The molecule has 0 saturated carbocycles. The van der Waals surface area contributed by atoms with Crippen molar-refractivity contribution in [1.29, 1.82) is 0 Å². The number of ether oxygens (including phenoxy) is 1. The van der Waals surface area contributed by atoms with E-state index in [-0.39, 0.29) is 18.3 Å². The highest BCUT2D eigenvalue weighted by atomic mass is 35.5. The second kappa shape index (κ2) is 12.5. The Morgan fingerprint density at radius 2 is 1.80 bits per heavy atom. The second-order valence-corrected chi connectivity index (χ2v) is 8.40. The van der Waals surface area contributed by atoms with Crippen molar-refractivity contribution in [3.05, 3.63) is 107 Å². The molecule has 1 aliphatic rings. The molecule has 35 heavy (non-hydrogen) atoms. The van der Waals surface area contributed by atoms with Gasteiger partial charge >= 0.3 is 0 Å². The molecule has 0 saturated heterocycles. The molecule has 7 heteroatoms. The first-order chi connectivity index (χ1) is 16.5. The number of rotatable bonds is 7. The summed E-state index contributed by atoms with van der Waals surface area (Å²) in [7, 11) is 0. The van der Waals surface area contributed by atoms with Crippen molar-refractivity contribution in [2.24, 2.45) is 0 Å². The third kappa shape index (κ3) is 6.89. The smallest absolute Gasteiger partial charge is 0.248 e. The SMILES string of the molecule is CCOc1ccc(/C(=C/C=C/C(=O)Nc2cccc3c2CC(O)CN3)c2ccc(Cl)cc2)cc1.Cl. The van der Waals surface area contributed by atoms with Gasteiger partial charge in [-0.15, -0.1) is 12.4 Å². The molecule has 5 nitrogen and oxygen atoms in total. The number of aliphatic hydroxyl groups excluding tert-OH is 1. The first-order valence-corrected chi connectivity index (χ1v) is 11.6. The van der Waals surface area contributed by atoms with Crippen molar-refractivity contribution in [2.75, 3.05) is 23.8 Å². The Hall–Kier alpha value is -3.25. The molecule has 1 heterocycles. The second-order valence-electron chi connectivity index (χ2n) is 7.96. The van der Waals surface area contributed by atoms with Crippen LogP contribution in [0.3, 0.4) is 0 Å². The Kier molecular flexibility index (Phi) is 9.38. The highest BCUT2D eigenvalue weighted by Gasteiger charge is 2.19. The van der Waals surface area contributed by atoms with Gasteiger partial charge in [0.1, 0.15) is 5.75 Å². The van der Waals surface area contributed by atoms with Crippen LogP contribution in [-0.4, -0.2) is 30.3 Å². The summed E-state index contributed by atoms with van der Waals surface area (Å²) in [5.41, 5.74) is 5.48. The molecular weight excluding hydrogens is 483 g/mol. The lowest BCUT2D eigenvalue weighted by Gasteiger charge is -2.24. The Morgan fingerprint density at radius 3 is 2.49 bits per heavy atom. The fourth-order valence-corrected chi connectivity index (χ4v) is 4.04. The highest BCUT2D eigenvalue weighted by molar-refractivity contribution is 6.30. The fourth-order valence-electron chi connectivity index (χ4n) is 3.92. The van der Waals surface area contributed by atoms with Gasteiger partial charge in [0.05, 0.1) is 12.7 Å². The van der Waals surface area contributed by atoms with Gasteiger partial charge in [0.15, 0.2) is 0 Å². The average molecular weight is 511 g/mol. The minimum Gasteiger partial charge on any atom is -0.494 e. The molecule has 3 N–H and O–H groups in total. The summed E-state index contributed by atoms with van der Waals surface area (Å²) in [5.74, 6) is 0.564. The normalized spacial score (nSPS) is 15.1. The first-order valence-electron chi connectivity index (χ1n) is 11.3. The Morgan fingerprint density at radius 1 is 1.11 bits per heavy atom. The van der Waals surface area contributed by atoms with E-state index in [0.717, 1.165) is 33.7 Å². The lowest BCUT2D eigenvalue weighted by Crippen LogP contribution is -2.28. The van der Waals surface area contributed by atoms with Gasteiger partial charge in [-0.05, 0) is 60.0 Å². The zero-order valence-corrected chi connectivity index (χ0v) is 20.9. The Labute approximate surface area is 216 Å². The summed E-state index contributed by atoms with van der Waals surface area (Å²) in [6.07, 6.45) is 5.17. The van der Waals surface area contributed by atoms with E-state index in [1.165, 1.54) is 6.08 Å². The zero-order valence-electron chi connectivity index (χ0n) is 19.3. The maximum Gasteiger partial charge on any atom is 0.248 e. The number of aliphatic hydroxyl groups is 1. The molecule has 182 valence electrons.